The summed E-state index contributed by atoms with van der Waals surface area (Å²) < 4.78 is 157. The monoisotopic (exact) mass is 1180 g/mol. The van der Waals surface area contributed by atoms with E-state index < -0.39 is 65.8 Å². The van der Waals surface area contributed by atoms with E-state index >= 15 is 0 Å². The molecular formula is C46H35N9O19S5. The topological polar surface area (TPSA) is 409 Å². The zero-order chi connectivity index (χ0) is 56.9. The number of ether oxygens (including phenoxy) is 3. The minimum Gasteiger partial charge on any atom is -0.505 e. The number of methoxy groups -OCH3 is 3. The van der Waals surface area contributed by atoms with Crippen LogP contribution in [0.1, 0.15) is 5.56 Å². The number of hydrogen-bond acceptors (Lipinski definition) is 24. The maximum Gasteiger partial charge on any atom is 0.295 e. The van der Waals surface area contributed by atoms with Crippen LogP contribution >= 0.6 is 12.0 Å². The Labute approximate surface area is 449 Å². The molecule has 79 heavy (non-hydrogen) atoms. The summed E-state index contributed by atoms with van der Waals surface area (Å²) in [4.78, 5) is -1.95. The van der Waals surface area contributed by atoms with E-state index in [0.717, 1.165) is 16.9 Å². The fraction of sp³-hybridized carbons (Fsp3) is 0.0870. The van der Waals surface area contributed by atoms with Gasteiger partial charge in [-0.25, -0.2) is 5.26 Å². The average molecular weight is 1180 g/mol. The fourth-order valence-corrected chi connectivity index (χ4v) is 11.2. The largest absolute Gasteiger partial charge is 0.505 e. The van der Waals surface area contributed by atoms with Gasteiger partial charge in [-0.15, -0.1) is 35.0 Å². The third-order valence-corrected chi connectivity index (χ3v) is 15.7. The Morgan fingerprint density at radius 2 is 1.08 bits per heavy atom. The first-order valence-corrected chi connectivity index (χ1v) is 28.3. The molecule has 0 saturated heterocycles. The minimum atomic E-state index is -4.99. The molecule has 33 heteroatoms. The lowest BCUT2D eigenvalue weighted by Gasteiger charge is -2.11. The van der Waals surface area contributed by atoms with Crippen LogP contribution in [0.3, 0.4) is 0 Å². The molecule has 1 aromatic heterocycles. The zero-order valence-electron chi connectivity index (χ0n) is 40.4. The molecule has 0 spiro atoms. The second-order valence-corrected chi connectivity index (χ2v) is 22.8. The Bertz CT molecular complexity index is 4600. The van der Waals surface area contributed by atoms with E-state index in [1.54, 1.807) is 13.0 Å². The van der Waals surface area contributed by atoms with Crippen LogP contribution in [-0.2, 0) is 49.8 Å². The summed E-state index contributed by atoms with van der Waals surface area (Å²) in [6, 6.07) is 21.9. The summed E-state index contributed by atoms with van der Waals surface area (Å²) in [6.07, 6.45) is 0. The number of nitrogens with zero attached hydrogens (tertiary/aromatic N) is 9. The highest BCUT2D eigenvalue weighted by Gasteiger charge is 2.25. The van der Waals surface area contributed by atoms with Crippen molar-refractivity contribution < 1.29 is 85.8 Å². The van der Waals surface area contributed by atoms with Crippen LogP contribution < -0.4 is 14.2 Å². The first kappa shape index (κ1) is 55.6. The molecule has 8 aromatic carbocycles. The van der Waals surface area contributed by atoms with Gasteiger partial charge in [-0.2, -0.15) is 48.7 Å². The van der Waals surface area contributed by atoms with Gasteiger partial charge in [0.25, 0.3) is 40.5 Å². The van der Waals surface area contributed by atoms with Crippen LogP contribution in [0.15, 0.2) is 158 Å². The molecular weight excluding hydrogens is 1140 g/mol. The summed E-state index contributed by atoms with van der Waals surface area (Å²) in [5.41, 5.74) is 1.66. The standard InChI is InChI=1S/C46H35N9O19S5/c1-22-11-35(38(70-2)19-34(22)48-47-25-6-5-23-13-27(76(58,59)60)17-43(31(23)15-25)79(67,68)69)49-50-36-20-40(72-4)37(21-39(36)71-3)51-52-45-41(75-74-73-57)14-24-12-26(7-8-29(24)46(45)56)55-53-33-10-9-30-32(44(33)54-55)16-28(77(61,62)63)18-42(30)78(64,65)66/h5-21,56-57H,1-4H3,(H,58,59,60)(H,61,62,63)(H,64,65,66)(H,67,68,69). The van der Waals surface area contributed by atoms with Crippen molar-refractivity contribution in [1.82, 2.24) is 15.0 Å². The van der Waals surface area contributed by atoms with E-state index in [1.165, 1.54) is 94.1 Å². The van der Waals surface area contributed by atoms with Crippen molar-refractivity contribution in [1.29, 1.82) is 0 Å². The maximum absolute atomic E-state index is 12.3. The van der Waals surface area contributed by atoms with E-state index in [1.807, 2.05) is 0 Å². The van der Waals surface area contributed by atoms with E-state index in [2.05, 4.69) is 45.9 Å². The van der Waals surface area contributed by atoms with Crippen molar-refractivity contribution in [2.45, 2.75) is 31.4 Å². The third kappa shape index (κ3) is 11.4. The number of rotatable bonds is 17. The number of azo groups is 3. The highest BCUT2D eigenvalue weighted by Crippen LogP contribution is 2.47. The van der Waals surface area contributed by atoms with Gasteiger partial charge >= 0.3 is 0 Å². The smallest absolute Gasteiger partial charge is 0.295 e. The van der Waals surface area contributed by atoms with Gasteiger partial charge in [-0.05, 0) is 96.1 Å². The average Bonchev–Trinajstić information content (AvgIpc) is 3.86. The molecule has 0 amide bonds. The molecule has 0 radical (unpaired) electrons. The van der Waals surface area contributed by atoms with Crippen molar-refractivity contribution in [2.24, 2.45) is 30.7 Å². The van der Waals surface area contributed by atoms with Crippen LogP contribution in [0.5, 0.6) is 23.0 Å². The minimum absolute atomic E-state index is 0.000612. The summed E-state index contributed by atoms with van der Waals surface area (Å²) in [6.45, 7) is 1.69. The molecule has 0 aliphatic rings. The van der Waals surface area contributed by atoms with Crippen LogP contribution in [0, 0.1) is 6.92 Å². The number of phenolic OH excluding ortho intramolecular Hbond substituents is 1. The molecule has 408 valence electrons. The molecule has 0 saturated carbocycles. The van der Waals surface area contributed by atoms with Crippen LogP contribution in [-0.4, -0.2) is 98.6 Å². The quantitative estimate of drug-likeness (QED) is 0.0162. The number of aromatic nitrogens is 3. The lowest BCUT2D eigenvalue weighted by molar-refractivity contribution is -0.432. The molecule has 0 unspecified atom stereocenters. The van der Waals surface area contributed by atoms with Crippen molar-refractivity contribution in [3.63, 3.8) is 0 Å². The second-order valence-electron chi connectivity index (χ2n) is 16.5. The third-order valence-electron chi connectivity index (χ3n) is 11.6. The molecule has 28 nitrogen and oxygen atoms in total. The number of phenols is 1. The Balaban J connectivity index is 1.01. The molecule has 0 aliphatic heterocycles. The Hall–Kier alpha value is -8.19. The Morgan fingerprint density at radius 1 is 0.519 bits per heavy atom. The Morgan fingerprint density at radius 3 is 1.67 bits per heavy atom. The van der Waals surface area contributed by atoms with Crippen molar-refractivity contribution in [2.75, 3.05) is 21.3 Å². The van der Waals surface area contributed by atoms with Gasteiger partial charge in [0.05, 0.1) is 65.1 Å². The lowest BCUT2D eigenvalue weighted by Crippen LogP contribution is -2.04. The van der Waals surface area contributed by atoms with Gasteiger partial charge < -0.3 is 19.3 Å². The molecule has 1 heterocycles. The van der Waals surface area contributed by atoms with Crippen LogP contribution in [0.25, 0.3) is 49.0 Å². The summed E-state index contributed by atoms with van der Waals surface area (Å²) in [5, 5.41) is 59.5. The van der Waals surface area contributed by atoms with Gasteiger partial charge in [0.15, 0.2) is 5.75 Å². The lowest BCUT2D eigenvalue weighted by atomic mass is 10.1. The maximum atomic E-state index is 12.3. The van der Waals surface area contributed by atoms with Gasteiger partial charge in [0, 0.05) is 39.7 Å². The number of aromatic hydroxyl groups is 1. The van der Waals surface area contributed by atoms with Crippen LogP contribution in [0.4, 0.5) is 34.1 Å². The van der Waals surface area contributed by atoms with E-state index in [4.69, 9.17) is 23.8 Å². The zero-order valence-corrected chi connectivity index (χ0v) is 44.5. The van der Waals surface area contributed by atoms with Crippen molar-refractivity contribution in [3.8, 4) is 28.7 Å². The number of benzene rings is 8. The first-order valence-electron chi connectivity index (χ1n) is 21.8. The predicted octanol–water partition coefficient (Wildman–Crippen LogP) is 10.6. The highest BCUT2D eigenvalue weighted by atomic mass is 32.2. The molecule has 0 bridgehead atoms. The summed E-state index contributed by atoms with van der Waals surface area (Å²) in [7, 11) is -15.6. The van der Waals surface area contributed by atoms with Crippen LogP contribution in [0.2, 0.25) is 0 Å². The molecule has 0 fully saturated rings. The van der Waals surface area contributed by atoms with E-state index in [-0.39, 0.29) is 94.2 Å². The first-order chi connectivity index (χ1) is 37.3. The van der Waals surface area contributed by atoms with Gasteiger partial charge in [0.1, 0.15) is 60.8 Å². The summed E-state index contributed by atoms with van der Waals surface area (Å²) >= 11 is 0.442. The summed E-state index contributed by atoms with van der Waals surface area (Å²) in [5.74, 6) is 0.0119. The number of fused-ring (bicyclic) bond motifs is 5. The Kier molecular flexibility index (Phi) is 14.9. The fourth-order valence-electron chi connectivity index (χ4n) is 7.97. The van der Waals surface area contributed by atoms with E-state index in [0.29, 0.717) is 40.8 Å². The van der Waals surface area contributed by atoms with Crippen molar-refractivity contribution in [3.05, 3.63) is 109 Å². The second kappa shape index (κ2) is 21.2. The predicted molar refractivity (Wildman–Crippen MR) is 279 cm³/mol. The van der Waals surface area contributed by atoms with Crippen molar-refractivity contribution >= 4 is 130 Å². The number of hydrogen-bond donors (Lipinski definition) is 6. The van der Waals surface area contributed by atoms with Gasteiger partial charge in [0.2, 0.25) is 0 Å². The van der Waals surface area contributed by atoms with Gasteiger partial charge in [-0.3, -0.25) is 18.2 Å². The van der Waals surface area contributed by atoms with E-state index in [9.17, 15) is 57.0 Å². The molecule has 9 rings (SSSR count). The molecule has 0 aliphatic carbocycles. The molecule has 9 aromatic rings. The highest BCUT2D eigenvalue weighted by molar-refractivity contribution is 7.94. The van der Waals surface area contributed by atoms with Gasteiger partial charge in [-0.1, -0.05) is 17.2 Å². The molecule has 6 N–H and O–H groups in total. The SMILES string of the molecule is COc1cc(N=Nc2ccc3cc(S(=O)(=O)O)cc(S(=O)(=O)O)c3c2)c(C)cc1N=Nc1cc(OC)c(N=Nc2c(SOOO)cc3cc(-n4nc5ccc6c(S(=O)(=O)O)cc(S(=O)(=O)O)cc6c5n4)ccc3c2O)cc1OC. The normalized spacial score (nSPS) is 12.8. The number of aryl methyl sites for hydroxylation is 1. The molecule has 0 atom stereocenters.